The monoisotopic (exact) mass is 438 g/mol. The van der Waals surface area contributed by atoms with Crippen molar-refractivity contribution in [3.05, 3.63) is 56.4 Å². The highest BCUT2D eigenvalue weighted by molar-refractivity contribution is 6.37. The summed E-state index contributed by atoms with van der Waals surface area (Å²) in [5.74, 6) is -0.00146. The fourth-order valence-corrected chi connectivity index (χ4v) is 2.95. The molecule has 1 aromatic carbocycles. The fraction of sp³-hybridized carbons (Fsp3) is 0.176. The molecule has 0 radical (unpaired) electrons. The number of rotatable bonds is 4. The molecule has 5 N–H and O–H groups in total. The van der Waals surface area contributed by atoms with E-state index in [1.807, 2.05) is 0 Å². The number of hydrogen-bond acceptors (Lipinski definition) is 7. The zero-order valence-corrected chi connectivity index (χ0v) is 16.8. The lowest BCUT2D eigenvalue weighted by atomic mass is 10.0. The summed E-state index contributed by atoms with van der Waals surface area (Å²) in [7, 11) is 0. The number of hydrogen-bond donors (Lipinski definition) is 4. The predicted molar refractivity (Wildman–Crippen MR) is 108 cm³/mol. The van der Waals surface area contributed by atoms with Crippen molar-refractivity contribution >= 4 is 40.8 Å². The van der Waals surface area contributed by atoms with E-state index in [0.29, 0.717) is 0 Å². The maximum absolute atomic E-state index is 12.1. The number of carbonyl (C=O) groups is 1. The molecule has 0 aliphatic carbocycles. The number of urea groups is 1. The van der Waals surface area contributed by atoms with Crippen molar-refractivity contribution in [1.29, 1.82) is 0 Å². The number of nitrogens with zero attached hydrogens (tertiary/aromatic N) is 3. The second kappa shape index (κ2) is 7.39. The fourth-order valence-electron chi connectivity index (χ4n) is 2.40. The van der Waals surface area contributed by atoms with E-state index in [0.717, 1.165) is 5.01 Å². The van der Waals surface area contributed by atoms with Gasteiger partial charge in [0.1, 0.15) is 0 Å². The molecule has 0 atom stereocenters. The lowest BCUT2D eigenvalue weighted by Crippen LogP contribution is -2.45. The summed E-state index contributed by atoms with van der Waals surface area (Å²) in [6, 6.07) is 3.45. The Morgan fingerprint density at radius 1 is 1.24 bits per heavy atom. The maximum Gasteiger partial charge on any atom is 0.347 e. The summed E-state index contributed by atoms with van der Waals surface area (Å²) in [6.45, 7) is 6.45. The Labute approximate surface area is 174 Å². The second-order valence-corrected chi connectivity index (χ2v) is 7.37. The van der Waals surface area contributed by atoms with Gasteiger partial charge in [-0.25, -0.2) is 9.89 Å². The Kier molecular flexibility index (Phi) is 5.26. The molecule has 10 nitrogen and oxygen atoms in total. The highest BCUT2D eigenvalue weighted by Crippen LogP contribution is 2.40. The van der Waals surface area contributed by atoms with E-state index in [1.54, 1.807) is 0 Å². The standard InChI is InChI=1S/C17H16Cl2N6O4/c1-7-14(20)24-25(16(27)21-7)8-4-10(18)13(11(19)5-8)29-12-6-9(17(2,3)28)15(26)23-22-12/h4-6,28H,1H2,2-3H3,(H2,20,24)(H,21,27)(H,23,26). The molecule has 0 saturated heterocycles. The summed E-state index contributed by atoms with van der Waals surface area (Å²) in [5.41, 5.74) is 4.15. The van der Waals surface area contributed by atoms with Gasteiger partial charge in [-0.05, 0) is 26.0 Å². The van der Waals surface area contributed by atoms with E-state index >= 15 is 0 Å². The van der Waals surface area contributed by atoms with Crippen LogP contribution in [0.3, 0.4) is 0 Å². The summed E-state index contributed by atoms with van der Waals surface area (Å²) >= 11 is 12.5. The van der Waals surface area contributed by atoms with Crippen LogP contribution in [0.1, 0.15) is 19.4 Å². The first-order valence-corrected chi connectivity index (χ1v) is 8.87. The number of carbonyl (C=O) groups excluding carboxylic acids is 1. The van der Waals surface area contributed by atoms with Crippen LogP contribution in [-0.4, -0.2) is 27.2 Å². The number of halogens is 2. The molecule has 0 bridgehead atoms. The van der Waals surface area contributed by atoms with E-state index in [1.165, 1.54) is 32.0 Å². The molecular weight excluding hydrogens is 423 g/mol. The normalized spacial score (nSPS) is 14.5. The van der Waals surface area contributed by atoms with Gasteiger partial charge >= 0.3 is 6.03 Å². The van der Waals surface area contributed by atoms with E-state index in [2.05, 4.69) is 27.2 Å². The molecule has 0 spiro atoms. The molecule has 0 saturated carbocycles. The van der Waals surface area contributed by atoms with Crippen LogP contribution in [0.25, 0.3) is 0 Å². The molecule has 29 heavy (non-hydrogen) atoms. The number of amidine groups is 1. The van der Waals surface area contributed by atoms with Gasteiger partial charge in [0.05, 0.1) is 32.6 Å². The molecule has 152 valence electrons. The van der Waals surface area contributed by atoms with Crippen molar-refractivity contribution in [3.8, 4) is 11.6 Å². The number of nitrogens with one attached hydrogen (secondary N) is 2. The van der Waals surface area contributed by atoms with Crippen LogP contribution in [0.4, 0.5) is 10.5 Å². The van der Waals surface area contributed by atoms with Crippen LogP contribution < -0.4 is 26.4 Å². The van der Waals surface area contributed by atoms with E-state index in [4.69, 9.17) is 33.7 Å². The zero-order valence-electron chi connectivity index (χ0n) is 15.3. The first-order valence-electron chi connectivity index (χ1n) is 8.11. The molecule has 1 aliphatic heterocycles. The van der Waals surface area contributed by atoms with Crippen LogP contribution in [0, 0.1) is 0 Å². The van der Waals surface area contributed by atoms with E-state index < -0.39 is 17.2 Å². The molecule has 1 aromatic heterocycles. The van der Waals surface area contributed by atoms with Crippen LogP contribution in [-0.2, 0) is 5.60 Å². The third-order valence-electron chi connectivity index (χ3n) is 3.84. The number of ether oxygens (including phenoxy) is 1. The van der Waals surface area contributed by atoms with Crippen LogP contribution in [0.15, 0.2) is 40.4 Å². The average Bonchev–Trinajstić information content (AvgIpc) is 2.61. The maximum atomic E-state index is 12.1. The summed E-state index contributed by atoms with van der Waals surface area (Å²) < 4.78 is 5.59. The van der Waals surface area contributed by atoms with Crippen molar-refractivity contribution in [3.63, 3.8) is 0 Å². The van der Waals surface area contributed by atoms with Gasteiger partial charge in [-0.15, -0.1) is 10.2 Å². The lowest BCUT2D eigenvalue weighted by molar-refractivity contribution is 0.0765. The Morgan fingerprint density at radius 2 is 1.86 bits per heavy atom. The number of anilines is 1. The first kappa shape index (κ1) is 20.6. The molecule has 2 heterocycles. The van der Waals surface area contributed by atoms with Crippen molar-refractivity contribution < 1.29 is 14.6 Å². The second-order valence-electron chi connectivity index (χ2n) is 6.55. The van der Waals surface area contributed by atoms with Gasteiger partial charge in [-0.3, -0.25) is 4.79 Å². The third-order valence-corrected chi connectivity index (χ3v) is 4.40. The van der Waals surface area contributed by atoms with Gasteiger partial charge in [0, 0.05) is 6.07 Å². The molecular formula is C17H16Cl2N6O4. The van der Waals surface area contributed by atoms with Crippen LogP contribution in [0.2, 0.25) is 10.0 Å². The van der Waals surface area contributed by atoms with E-state index in [-0.39, 0.29) is 44.5 Å². The van der Waals surface area contributed by atoms with Crippen LogP contribution >= 0.6 is 23.2 Å². The van der Waals surface area contributed by atoms with Gasteiger partial charge in [0.25, 0.3) is 5.56 Å². The minimum atomic E-state index is -1.42. The Balaban J connectivity index is 1.97. The summed E-state index contributed by atoms with van der Waals surface area (Å²) in [5, 5.41) is 23.5. The first-order chi connectivity index (χ1) is 13.5. The number of nitrogens with two attached hydrogens (primary N) is 1. The SMILES string of the molecule is C=C1NC(=O)N(c2cc(Cl)c(Oc3cc(C(C)(C)O)c(=O)[nH]n3)c(Cl)c2)N=C1N. The Bertz CT molecular complexity index is 1080. The highest BCUT2D eigenvalue weighted by atomic mass is 35.5. The quantitative estimate of drug-likeness (QED) is 0.576. The number of aliphatic hydroxyl groups is 1. The molecule has 1 aliphatic rings. The summed E-state index contributed by atoms with van der Waals surface area (Å²) in [4.78, 5) is 24.0. The van der Waals surface area contributed by atoms with E-state index in [9.17, 15) is 14.7 Å². The smallest absolute Gasteiger partial charge is 0.347 e. The molecule has 3 rings (SSSR count). The van der Waals surface area contributed by atoms with Gasteiger partial charge in [-0.1, -0.05) is 29.8 Å². The molecule has 0 unspecified atom stereocenters. The number of aromatic nitrogens is 2. The number of aromatic amines is 1. The van der Waals surface area contributed by atoms with Gasteiger partial charge in [-0.2, -0.15) is 5.01 Å². The highest BCUT2D eigenvalue weighted by Gasteiger charge is 2.26. The van der Waals surface area contributed by atoms with Crippen molar-refractivity contribution in [1.82, 2.24) is 15.5 Å². The number of H-pyrrole nitrogens is 1. The van der Waals surface area contributed by atoms with Crippen molar-refractivity contribution in [2.24, 2.45) is 10.8 Å². The van der Waals surface area contributed by atoms with Crippen molar-refractivity contribution in [2.75, 3.05) is 5.01 Å². The lowest BCUT2D eigenvalue weighted by Gasteiger charge is -2.24. The van der Waals surface area contributed by atoms with Crippen LogP contribution in [0.5, 0.6) is 11.6 Å². The molecule has 0 fully saturated rings. The third kappa shape index (κ3) is 4.19. The Morgan fingerprint density at radius 3 is 2.45 bits per heavy atom. The predicted octanol–water partition coefficient (Wildman–Crippen LogP) is 2.41. The van der Waals surface area contributed by atoms with Crippen molar-refractivity contribution in [2.45, 2.75) is 19.4 Å². The minimum absolute atomic E-state index is 0.0220. The Hall–Kier alpha value is -3.08. The molecule has 12 heteroatoms. The van der Waals surface area contributed by atoms with Gasteiger partial charge in [0.15, 0.2) is 11.6 Å². The van der Waals surface area contributed by atoms with Gasteiger partial charge < -0.3 is 20.9 Å². The topological polar surface area (TPSA) is 146 Å². The summed E-state index contributed by atoms with van der Waals surface area (Å²) in [6.07, 6.45) is 0. The molecule has 2 amide bonds. The molecule has 2 aromatic rings. The largest absolute Gasteiger partial charge is 0.434 e. The number of benzene rings is 1. The minimum Gasteiger partial charge on any atom is -0.434 e. The number of hydrazone groups is 1. The van der Waals surface area contributed by atoms with Gasteiger partial charge in [0.2, 0.25) is 5.88 Å². The number of amides is 2. The zero-order chi connectivity index (χ0) is 21.5. The average molecular weight is 439 g/mol.